The summed E-state index contributed by atoms with van der Waals surface area (Å²) in [5, 5.41) is 3.19. The lowest BCUT2D eigenvalue weighted by molar-refractivity contribution is 0.398. The standard InChI is InChI=1S/C11H17FN2/c1-4-8(2)11(13-3)9-5-10(12)7-14-6-9/h5-8,11,13H,4H2,1-3H3. The maximum absolute atomic E-state index is 12.9. The Morgan fingerprint density at radius 1 is 1.50 bits per heavy atom. The minimum atomic E-state index is -0.272. The molecule has 1 aromatic heterocycles. The van der Waals surface area contributed by atoms with Crippen LogP contribution in [-0.2, 0) is 0 Å². The number of aromatic nitrogens is 1. The zero-order valence-corrected chi connectivity index (χ0v) is 8.92. The lowest BCUT2D eigenvalue weighted by Crippen LogP contribution is -2.23. The van der Waals surface area contributed by atoms with Crippen molar-refractivity contribution in [3.05, 3.63) is 29.8 Å². The number of hydrogen-bond acceptors (Lipinski definition) is 2. The number of hydrogen-bond donors (Lipinski definition) is 1. The molecule has 1 N–H and O–H groups in total. The predicted molar refractivity (Wildman–Crippen MR) is 55.5 cm³/mol. The van der Waals surface area contributed by atoms with Crippen molar-refractivity contribution in [3.8, 4) is 0 Å². The molecule has 0 aliphatic heterocycles. The minimum absolute atomic E-state index is 0.184. The van der Waals surface area contributed by atoms with Crippen molar-refractivity contribution in [1.29, 1.82) is 0 Å². The Labute approximate surface area is 84.6 Å². The Morgan fingerprint density at radius 2 is 2.21 bits per heavy atom. The molecule has 0 aliphatic rings. The van der Waals surface area contributed by atoms with Crippen LogP contribution in [0.2, 0.25) is 0 Å². The first kappa shape index (κ1) is 11.1. The van der Waals surface area contributed by atoms with Crippen LogP contribution in [0.1, 0.15) is 31.9 Å². The molecule has 2 atom stereocenters. The van der Waals surface area contributed by atoms with Crippen molar-refractivity contribution in [1.82, 2.24) is 10.3 Å². The highest BCUT2D eigenvalue weighted by Gasteiger charge is 2.16. The summed E-state index contributed by atoms with van der Waals surface area (Å²) in [6.07, 6.45) is 4.01. The van der Waals surface area contributed by atoms with Crippen molar-refractivity contribution in [2.45, 2.75) is 26.3 Å². The first-order valence-corrected chi connectivity index (χ1v) is 4.96. The topological polar surface area (TPSA) is 24.9 Å². The van der Waals surface area contributed by atoms with Gasteiger partial charge in [-0.25, -0.2) is 4.39 Å². The smallest absolute Gasteiger partial charge is 0.141 e. The molecule has 0 fully saturated rings. The van der Waals surface area contributed by atoms with Crippen LogP contribution >= 0.6 is 0 Å². The van der Waals surface area contributed by atoms with E-state index in [2.05, 4.69) is 24.1 Å². The number of halogens is 1. The van der Waals surface area contributed by atoms with Crippen LogP contribution in [0.4, 0.5) is 4.39 Å². The van der Waals surface area contributed by atoms with Gasteiger partial charge in [0.1, 0.15) is 5.82 Å². The Balaban J connectivity index is 2.89. The van der Waals surface area contributed by atoms with E-state index in [1.807, 2.05) is 7.05 Å². The molecule has 3 heteroatoms. The van der Waals surface area contributed by atoms with Gasteiger partial charge in [-0.05, 0) is 24.6 Å². The van der Waals surface area contributed by atoms with Crippen LogP contribution in [0.5, 0.6) is 0 Å². The van der Waals surface area contributed by atoms with E-state index in [1.165, 1.54) is 6.20 Å². The summed E-state index contributed by atoms with van der Waals surface area (Å²) in [6.45, 7) is 4.27. The normalized spacial score (nSPS) is 15.1. The second-order valence-electron chi connectivity index (χ2n) is 3.59. The number of nitrogens with one attached hydrogen (secondary N) is 1. The maximum Gasteiger partial charge on any atom is 0.141 e. The zero-order valence-electron chi connectivity index (χ0n) is 8.92. The third-order valence-corrected chi connectivity index (χ3v) is 2.61. The third kappa shape index (κ3) is 2.51. The first-order valence-electron chi connectivity index (χ1n) is 4.96. The molecule has 0 bridgehead atoms. The molecule has 0 saturated carbocycles. The molecule has 0 radical (unpaired) electrons. The molecule has 0 amide bonds. The molecule has 1 heterocycles. The van der Waals surface area contributed by atoms with Gasteiger partial charge in [-0.2, -0.15) is 0 Å². The molecule has 2 nitrogen and oxygen atoms in total. The highest BCUT2D eigenvalue weighted by atomic mass is 19.1. The van der Waals surface area contributed by atoms with E-state index in [0.717, 1.165) is 12.0 Å². The Morgan fingerprint density at radius 3 is 2.71 bits per heavy atom. The fraction of sp³-hybridized carbons (Fsp3) is 0.545. The third-order valence-electron chi connectivity index (χ3n) is 2.61. The van der Waals surface area contributed by atoms with Crippen LogP contribution in [0.25, 0.3) is 0 Å². The van der Waals surface area contributed by atoms with Gasteiger partial charge in [-0.3, -0.25) is 4.98 Å². The van der Waals surface area contributed by atoms with Crippen molar-refractivity contribution >= 4 is 0 Å². The Bertz CT molecular complexity index is 288. The molecule has 0 aromatic carbocycles. The van der Waals surface area contributed by atoms with Gasteiger partial charge in [0.15, 0.2) is 0 Å². The molecule has 0 spiro atoms. The van der Waals surface area contributed by atoms with Gasteiger partial charge in [0.2, 0.25) is 0 Å². The van der Waals surface area contributed by atoms with Gasteiger partial charge in [-0.15, -0.1) is 0 Å². The molecule has 14 heavy (non-hydrogen) atoms. The van der Waals surface area contributed by atoms with Crippen molar-refractivity contribution in [2.75, 3.05) is 7.05 Å². The highest BCUT2D eigenvalue weighted by molar-refractivity contribution is 5.15. The minimum Gasteiger partial charge on any atom is -0.313 e. The fourth-order valence-corrected chi connectivity index (χ4v) is 1.61. The predicted octanol–water partition coefficient (Wildman–Crippen LogP) is 2.53. The lowest BCUT2D eigenvalue weighted by Gasteiger charge is -2.22. The van der Waals surface area contributed by atoms with Crippen molar-refractivity contribution < 1.29 is 4.39 Å². The lowest BCUT2D eigenvalue weighted by atomic mass is 9.94. The summed E-state index contributed by atoms with van der Waals surface area (Å²) >= 11 is 0. The van der Waals surface area contributed by atoms with Crippen LogP contribution in [0.15, 0.2) is 18.5 Å². The average molecular weight is 196 g/mol. The van der Waals surface area contributed by atoms with Crippen LogP contribution < -0.4 is 5.32 Å². The van der Waals surface area contributed by atoms with E-state index in [4.69, 9.17) is 0 Å². The first-order chi connectivity index (χ1) is 6.69. The molecule has 2 unspecified atom stereocenters. The summed E-state index contributed by atoms with van der Waals surface area (Å²) in [5.41, 5.74) is 0.918. The second-order valence-corrected chi connectivity index (χ2v) is 3.59. The molecule has 78 valence electrons. The molecule has 1 aromatic rings. The molecule has 1 rings (SSSR count). The van der Waals surface area contributed by atoms with Gasteiger partial charge in [0.25, 0.3) is 0 Å². The van der Waals surface area contributed by atoms with Gasteiger partial charge in [0.05, 0.1) is 6.20 Å². The van der Waals surface area contributed by atoms with E-state index in [1.54, 1.807) is 12.3 Å². The fourth-order valence-electron chi connectivity index (χ4n) is 1.61. The van der Waals surface area contributed by atoms with E-state index < -0.39 is 0 Å². The van der Waals surface area contributed by atoms with E-state index >= 15 is 0 Å². The molecular weight excluding hydrogens is 179 g/mol. The average Bonchev–Trinajstić information content (AvgIpc) is 2.19. The van der Waals surface area contributed by atoms with E-state index in [0.29, 0.717) is 5.92 Å². The number of pyridine rings is 1. The summed E-state index contributed by atoms with van der Waals surface area (Å²) < 4.78 is 12.9. The molecule has 0 aliphatic carbocycles. The monoisotopic (exact) mass is 196 g/mol. The van der Waals surface area contributed by atoms with Gasteiger partial charge in [-0.1, -0.05) is 20.3 Å². The van der Waals surface area contributed by atoms with Crippen molar-refractivity contribution in [2.24, 2.45) is 5.92 Å². The van der Waals surface area contributed by atoms with Gasteiger partial charge < -0.3 is 5.32 Å². The van der Waals surface area contributed by atoms with Crippen LogP contribution in [0.3, 0.4) is 0 Å². The summed E-state index contributed by atoms with van der Waals surface area (Å²) in [5.74, 6) is 0.203. The number of rotatable bonds is 4. The van der Waals surface area contributed by atoms with E-state index in [-0.39, 0.29) is 11.9 Å². The van der Waals surface area contributed by atoms with Gasteiger partial charge in [0, 0.05) is 12.2 Å². The SMILES string of the molecule is CCC(C)C(NC)c1cncc(F)c1. The summed E-state index contributed by atoms with van der Waals surface area (Å²) in [7, 11) is 1.89. The van der Waals surface area contributed by atoms with Gasteiger partial charge >= 0.3 is 0 Å². The van der Waals surface area contributed by atoms with Crippen molar-refractivity contribution in [3.63, 3.8) is 0 Å². The maximum atomic E-state index is 12.9. The summed E-state index contributed by atoms with van der Waals surface area (Å²) in [6, 6.07) is 1.73. The quantitative estimate of drug-likeness (QED) is 0.800. The zero-order chi connectivity index (χ0) is 10.6. The van der Waals surface area contributed by atoms with Crippen LogP contribution in [0, 0.1) is 11.7 Å². The Hall–Kier alpha value is -0.960. The largest absolute Gasteiger partial charge is 0.313 e. The molecular formula is C11H17FN2. The molecule has 0 saturated heterocycles. The van der Waals surface area contributed by atoms with Crippen LogP contribution in [-0.4, -0.2) is 12.0 Å². The van der Waals surface area contributed by atoms with E-state index in [9.17, 15) is 4.39 Å². The number of nitrogens with zero attached hydrogens (tertiary/aromatic N) is 1. The summed E-state index contributed by atoms with van der Waals surface area (Å²) in [4.78, 5) is 3.85. The Kier molecular flexibility index (Phi) is 4.01. The highest BCUT2D eigenvalue weighted by Crippen LogP contribution is 2.23. The second kappa shape index (κ2) is 5.05.